The Hall–Kier alpha value is -3.00. The fraction of sp³-hybridized carbons (Fsp3) is 0.657. The minimum atomic E-state index is -2.11. The lowest BCUT2D eigenvalue weighted by Gasteiger charge is -2.56. The molecule has 0 aliphatic carbocycles. The van der Waals surface area contributed by atoms with Gasteiger partial charge in [-0.3, -0.25) is 0 Å². The van der Waals surface area contributed by atoms with Crippen LogP contribution in [0.3, 0.4) is 0 Å². The van der Waals surface area contributed by atoms with Gasteiger partial charge in [0.1, 0.15) is 5.75 Å². The van der Waals surface area contributed by atoms with Gasteiger partial charge < -0.3 is 57.6 Å². The first-order valence-corrected chi connectivity index (χ1v) is 16.8. The highest BCUT2D eigenvalue weighted by atomic mass is 16.9. The predicted octanol–water partition coefficient (Wildman–Crippen LogP) is 6.51. The van der Waals surface area contributed by atoms with Gasteiger partial charge in [0.15, 0.2) is 16.9 Å². The van der Waals surface area contributed by atoms with Gasteiger partial charge in [0, 0.05) is 39.6 Å². The van der Waals surface area contributed by atoms with Crippen molar-refractivity contribution in [1.82, 2.24) is 0 Å². The first-order chi connectivity index (χ1) is 22.7. The summed E-state index contributed by atoms with van der Waals surface area (Å²) in [6, 6.07) is 6.38. The summed E-state index contributed by atoms with van der Waals surface area (Å²) in [6.45, 7) is 19.2. The number of benzene rings is 2. The fourth-order valence-electron chi connectivity index (χ4n) is 5.85. The summed E-state index contributed by atoms with van der Waals surface area (Å²) in [4.78, 5) is 0. The topological polar surface area (TPSA) is 133 Å². The molecule has 0 fully saturated rings. The van der Waals surface area contributed by atoms with Crippen LogP contribution in [0.1, 0.15) is 80.4 Å². The highest BCUT2D eigenvalue weighted by Gasteiger charge is 2.74. The van der Waals surface area contributed by atoms with Crippen LogP contribution in [-0.4, -0.2) is 88.2 Å². The van der Waals surface area contributed by atoms with Crippen LogP contribution in [0, 0.1) is 0 Å². The van der Waals surface area contributed by atoms with Gasteiger partial charge in [0.05, 0.1) is 32.0 Å². The molecule has 0 aromatic heterocycles. The van der Waals surface area contributed by atoms with Crippen LogP contribution in [0.2, 0.25) is 0 Å². The molecule has 2 N–H and O–H groups in total. The SMILES string of the molecule is CCOc1c(O)c(OCC)c(OCC)c(C(c2ccc(O)cc2)(C(OCC)(OCC)OCC)C(OCC)(OCC)OCC)c1OCC. The van der Waals surface area contributed by atoms with E-state index in [1.807, 2.05) is 0 Å². The van der Waals surface area contributed by atoms with Gasteiger partial charge in [-0.15, -0.1) is 0 Å². The minimum Gasteiger partial charge on any atom is -0.508 e. The van der Waals surface area contributed by atoms with E-state index in [1.54, 1.807) is 81.4 Å². The standard InChI is InChI=1S/C35H56O12/c1-11-38-29-27(30(39-12-2)32(41-14-4)28(37)31(29)40-13-3)33(25-21-23-26(36)24-22-25,34(42-15-5,43-16-6)44-17-7)35(45-18-8,46-19-9)47-20-10/h21-24,36-37H,11-20H2,1-10H3. The number of phenols is 2. The molecular formula is C35H56O12. The first kappa shape index (κ1) is 40.2. The zero-order valence-corrected chi connectivity index (χ0v) is 29.9. The number of phenolic OH excluding ortho intramolecular Hbond substituents is 2. The van der Waals surface area contributed by atoms with E-state index in [1.165, 1.54) is 12.1 Å². The average Bonchev–Trinajstić information content (AvgIpc) is 3.04. The molecule has 12 nitrogen and oxygen atoms in total. The van der Waals surface area contributed by atoms with E-state index in [9.17, 15) is 10.2 Å². The Morgan fingerprint density at radius 1 is 0.426 bits per heavy atom. The van der Waals surface area contributed by atoms with E-state index < -0.39 is 17.4 Å². The maximum atomic E-state index is 11.8. The third-order valence-electron chi connectivity index (χ3n) is 7.05. The summed E-state index contributed by atoms with van der Waals surface area (Å²) in [5.41, 5.74) is -1.42. The lowest BCUT2D eigenvalue weighted by molar-refractivity contribution is -0.491. The molecule has 2 aromatic rings. The Labute approximate surface area is 280 Å². The van der Waals surface area contributed by atoms with Gasteiger partial charge in [-0.25, -0.2) is 0 Å². The van der Waals surface area contributed by atoms with Crippen molar-refractivity contribution < 1.29 is 57.6 Å². The summed E-state index contributed by atoms with van der Waals surface area (Å²) in [6.07, 6.45) is 0. The molecule has 0 aliphatic heterocycles. The van der Waals surface area contributed by atoms with E-state index in [0.717, 1.165) is 0 Å². The molecule has 2 rings (SSSR count). The lowest BCUT2D eigenvalue weighted by atomic mass is 9.67. The third-order valence-corrected chi connectivity index (χ3v) is 7.05. The van der Waals surface area contributed by atoms with Gasteiger partial charge in [-0.1, -0.05) is 12.1 Å². The highest BCUT2D eigenvalue weighted by molar-refractivity contribution is 5.74. The lowest BCUT2D eigenvalue weighted by Crippen LogP contribution is -2.71. The Kier molecular flexibility index (Phi) is 16.3. The molecule has 0 saturated heterocycles. The number of rotatable bonds is 24. The molecular weight excluding hydrogens is 612 g/mol. The normalized spacial score (nSPS) is 12.3. The minimum absolute atomic E-state index is 0.00177. The molecule has 0 amide bonds. The van der Waals surface area contributed by atoms with E-state index in [0.29, 0.717) is 5.56 Å². The van der Waals surface area contributed by atoms with Crippen molar-refractivity contribution >= 4 is 0 Å². The fourth-order valence-corrected chi connectivity index (χ4v) is 5.85. The number of ether oxygens (including phenoxy) is 10. The number of aromatic hydroxyl groups is 2. The number of hydrogen-bond acceptors (Lipinski definition) is 12. The van der Waals surface area contributed by atoms with Crippen molar-refractivity contribution in [1.29, 1.82) is 0 Å². The van der Waals surface area contributed by atoms with E-state index in [4.69, 9.17) is 47.4 Å². The molecule has 0 unspecified atom stereocenters. The van der Waals surface area contributed by atoms with Gasteiger partial charge >= 0.3 is 11.9 Å². The van der Waals surface area contributed by atoms with Crippen molar-refractivity contribution in [2.45, 2.75) is 86.6 Å². The van der Waals surface area contributed by atoms with Crippen molar-refractivity contribution in [3.63, 3.8) is 0 Å². The second-order valence-corrected chi connectivity index (χ2v) is 9.78. The molecule has 268 valence electrons. The predicted molar refractivity (Wildman–Crippen MR) is 177 cm³/mol. The van der Waals surface area contributed by atoms with Gasteiger partial charge in [-0.2, -0.15) is 0 Å². The van der Waals surface area contributed by atoms with Crippen molar-refractivity contribution in [3.8, 4) is 34.5 Å². The Balaban J connectivity index is 3.75. The highest BCUT2D eigenvalue weighted by Crippen LogP contribution is 2.65. The molecule has 0 atom stereocenters. The Bertz CT molecular complexity index is 1100. The molecule has 0 radical (unpaired) electrons. The van der Waals surface area contributed by atoms with Gasteiger partial charge in [0.25, 0.3) is 0 Å². The molecule has 0 aliphatic rings. The summed E-state index contributed by atoms with van der Waals surface area (Å²) < 4.78 is 65.0. The average molecular weight is 669 g/mol. The number of hydrogen-bond donors (Lipinski definition) is 2. The monoisotopic (exact) mass is 668 g/mol. The summed E-state index contributed by atoms with van der Waals surface area (Å²) >= 11 is 0. The molecule has 0 heterocycles. The Morgan fingerprint density at radius 2 is 0.723 bits per heavy atom. The molecule has 0 bridgehead atoms. The second-order valence-electron chi connectivity index (χ2n) is 9.78. The van der Waals surface area contributed by atoms with Crippen molar-refractivity contribution in [3.05, 3.63) is 35.4 Å². The van der Waals surface area contributed by atoms with Crippen LogP contribution >= 0.6 is 0 Å². The quantitative estimate of drug-likeness (QED) is 0.118. The molecule has 12 heteroatoms. The van der Waals surface area contributed by atoms with E-state index in [2.05, 4.69) is 0 Å². The second kappa shape index (κ2) is 19.1. The van der Waals surface area contributed by atoms with Crippen LogP contribution in [0.4, 0.5) is 0 Å². The Morgan fingerprint density at radius 3 is 1.00 bits per heavy atom. The van der Waals surface area contributed by atoms with E-state index >= 15 is 0 Å². The molecule has 47 heavy (non-hydrogen) atoms. The van der Waals surface area contributed by atoms with Crippen molar-refractivity contribution in [2.24, 2.45) is 0 Å². The van der Waals surface area contributed by atoms with Crippen LogP contribution < -0.4 is 18.9 Å². The zero-order chi connectivity index (χ0) is 35.1. The summed E-state index contributed by atoms with van der Waals surface area (Å²) in [7, 11) is 0. The first-order valence-electron chi connectivity index (χ1n) is 16.8. The smallest absolute Gasteiger partial charge is 0.306 e. The van der Waals surface area contributed by atoms with Gasteiger partial charge in [-0.05, 0) is 86.9 Å². The third kappa shape index (κ3) is 7.68. The largest absolute Gasteiger partial charge is 0.508 e. The zero-order valence-electron chi connectivity index (χ0n) is 29.9. The summed E-state index contributed by atoms with van der Waals surface area (Å²) in [5, 5.41) is 22.3. The van der Waals surface area contributed by atoms with Crippen molar-refractivity contribution in [2.75, 3.05) is 66.1 Å². The van der Waals surface area contributed by atoms with E-state index in [-0.39, 0.29) is 106 Å². The van der Waals surface area contributed by atoms with Crippen LogP contribution in [0.25, 0.3) is 0 Å². The molecule has 0 spiro atoms. The summed E-state index contributed by atoms with van der Waals surface area (Å²) in [5.74, 6) is -4.44. The van der Waals surface area contributed by atoms with Crippen LogP contribution in [0.5, 0.6) is 34.5 Å². The van der Waals surface area contributed by atoms with Crippen LogP contribution in [-0.2, 0) is 33.8 Å². The maximum Gasteiger partial charge on any atom is 0.306 e. The molecule has 2 aromatic carbocycles. The van der Waals surface area contributed by atoms with Gasteiger partial charge in [0.2, 0.25) is 17.2 Å². The maximum absolute atomic E-state index is 11.8. The molecule has 0 saturated carbocycles. The van der Waals surface area contributed by atoms with Crippen LogP contribution in [0.15, 0.2) is 24.3 Å².